The number of amides is 1. The fraction of sp³-hybridized carbons (Fsp3) is 0.833. The smallest absolute Gasteiger partial charge is 0.316 e. The van der Waals surface area contributed by atoms with E-state index in [0.29, 0.717) is 5.75 Å². The van der Waals surface area contributed by atoms with Crippen molar-refractivity contribution in [2.45, 2.75) is 46.1 Å². The number of thioether (sulfide) groups is 1. The molecule has 0 rings (SSSR count). The second kappa shape index (κ2) is 10.4. The van der Waals surface area contributed by atoms with Crippen molar-refractivity contribution < 1.29 is 14.3 Å². The Hall–Kier alpha value is -0.710. The first-order chi connectivity index (χ1) is 8.06. The first kappa shape index (κ1) is 16.3. The highest BCUT2D eigenvalue weighted by Gasteiger charge is 2.07. The van der Waals surface area contributed by atoms with Crippen molar-refractivity contribution in [1.82, 2.24) is 5.32 Å². The molecule has 0 saturated heterocycles. The number of hydrogen-bond donors (Lipinski definition) is 1. The predicted octanol–water partition coefficient (Wildman–Crippen LogP) is 1.98. The number of unbranched alkanes of at least 4 members (excludes halogenated alkanes) is 2. The molecule has 0 aromatic carbocycles. The Morgan fingerprint density at radius 1 is 1.24 bits per heavy atom. The molecule has 100 valence electrons. The molecule has 1 amide bonds. The van der Waals surface area contributed by atoms with E-state index in [-0.39, 0.29) is 23.7 Å². The van der Waals surface area contributed by atoms with Gasteiger partial charge in [-0.1, -0.05) is 19.8 Å². The van der Waals surface area contributed by atoms with Crippen molar-refractivity contribution in [2.24, 2.45) is 0 Å². The highest BCUT2D eigenvalue weighted by Crippen LogP contribution is 2.02. The molecule has 4 nitrogen and oxygen atoms in total. The Balaban J connectivity index is 3.41. The summed E-state index contributed by atoms with van der Waals surface area (Å²) in [6.45, 7) is 6.47. The second-order valence-corrected chi connectivity index (χ2v) is 5.07. The third-order valence-corrected chi connectivity index (χ3v) is 2.83. The summed E-state index contributed by atoms with van der Waals surface area (Å²) >= 11 is 1.29. The summed E-state index contributed by atoms with van der Waals surface area (Å²) in [5.41, 5.74) is 0. The molecular weight excluding hydrogens is 238 g/mol. The summed E-state index contributed by atoms with van der Waals surface area (Å²) in [7, 11) is 0. The van der Waals surface area contributed by atoms with Gasteiger partial charge in [0, 0.05) is 6.54 Å². The topological polar surface area (TPSA) is 55.4 Å². The van der Waals surface area contributed by atoms with E-state index in [4.69, 9.17) is 4.74 Å². The molecule has 17 heavy (non-hydrogen) atoms. The van der Waals surface area contributed by atoms with Crippen LogP contribution in [-0.4, -0.2) is 36.0 Å². The fourth-order valence-corrected chi connectivity index (χ4v) is 1.80. The van der Waals surface area contributed by atoms with E-state index in [0.717, 1.165) is 25.8 Å². The van der Waals surface area contributed by atoms with Crippen LogP contribution in [0.4, 0.5) is 0 Å². The molecule has 0 spiro atoms. The first-order valence-corrected chi connectivity index (χ1v) is 7.25. The van der Waals surface area contributed by atoms with Crippen LogP contribution < -0.4 is 5.32 Å². The molecule has 0 aliphatic carbocycles. The molecule has 1 N–H and O–H groups in total. The lowest BCUT2D eigenvalue weighted by atomic mass is 10.2. The molecule has 0 aliphatic rings. The Morgan fingerprint density at radius 2 is 1.94 bits per heavy atom. The standard InChI is InChI=1S/C12H23NO3S/c1-4-5-6-7-13-11(14)8-17-9-12(15)16-10(2)3/h10H,4-9H2,1-3H3,(H,13,14). The van der Waals surface area contributed by atoms with Gasteiger partial charge in [-0.3, -0.25) is 9.59 Å². The van der Waals surface area contributed by atoms with Crippen molar-refractivity contribution in [3.8, 4) is 0 Å². The van der Waals surface area contributed by atoms with E-state index >= 15 is 0 Å². The van der Waals surface area contributed by atoms with Gasteiger partial charge in [0.25, 0.3) is 0 Å². The Morgan fingerprint density at radius 3 is 2.53 bits per heavy atom. The van der Waals surface area contributed by atoms with Gasteiger partial charge >= 0.3 is 5.97 Å². The van der Waals surface area contributed by atoms with Crippen molar-refractivity contribution in [3.63, 3.8) is 0 Å². The van der Waals surface area contributed by atoms with Gasteiger partial charge in [-0.15, -0.1) is 11.8 Å². The summed E-state index contributed by atoms with van der Waals surface area (Å²) in [6.07, 6.45) is 3.20. The number of nitrogens with one attached hydrogen (secondary N) is 1. The van der Waals surface area contributed by atoms with Gasteiger partial charge in [-0.25, -0.2) is 0 Å². The summed E-state index contributed by atoms with van der Waals surface area (Å²) in [6, 6.07) is 0. The third-order valence-electron chi connectivity index (χ3n) is 1.92. The quantitative estimate of drug-likeness (QED) is 0.509. The van der Waals surface area contributed by atoms with E-state index in [1.54, 1.807) is 0 Å². The maximum Gasteiger partial charge on any atom is 0.316 e. The first-order valence-electron chi connectivity index (χ1n) is 6.10. The van der Waals surface area contributed by atoms with Crippen LogP contribution >= 0.6 is 11.8 Å². The molecular formula is C12H23NO3S. The zero-order chi connectivity index (χ0) is 13.1. The van der Waals surface area contributed by atoms with E-state index in [9.17, 15) is 9.59 Å². The molecule has 0 aliphatic heterocycles. The maximum atomic E-state index is 11.3. The highest BCUT2D eigenvalue weighted by molar-refractivity contribution is 8.00. The van der Waals surface area contributed by atoms with Crippen LogP contribution in [0.1, 0.15) is 40.0 Å². The number of rotatable bonds is 9. The molecule has 0 atom stereocenters. The number of esters is 1. The largest absolute Gasteiger partial charge is 0.462 e. The van der Waals surface area contributed by atoms with Gasteiger partial charge in [0.05, 0.1) is 17.6 Å². The van der Waals surface area contributed by atoms with Gasteiger partial charge in [0.15, 0.2) is 0 Å². The Kier molecular flexibility index (Phi) is 10.0. The van der Waals surface area contributed by atoms with E-state index < -0.39 is 0 Å². The van der Waals surface area contributed by atoms with Crippen molar-refractivity contribution in [3.05, 3.63) is 0 Å². The van der Waals surface area contributed by atoms with Gasteiger partial charge in [0.2, 0.25) is 5.91 Å². The lowest BCUT2D eigenvalue weighted by Crippen LogP contribution is -2.26. The average Bonchev–Trinajstić information content (AvgIpc) is 2.23. The number of ether oxygens (including phenoxy) is 1. The number of carbonyl (C=O) groups is 2. The third kappa shape index (κ3) is 11.6. The molecule has 0 aromatic rings. The zero-order valence-corrected chi connectivity index (χ0v) is 11.8. The van der Waals surface area contributed by atoms with E-state index in [1.807, 2.05) is 13.8 Å². The van der Waals surface area contributed by atoms with Gasteiger partial charge in [-0.2, -0.15) is 0 Å². The predicted molar refractivity (Wildman–Crippen MR) is 71.1 cm³/mol. The van der Waals surface area contributed by atoms with Crippen LogP contribution in [0.25, 0.3) is 0 Å². The summed E-state index contributed by atoms with van der Waals surface area (Å²) in [4.78, 5) is 22.5. The molecule has 5 heteroatoms. The minimum atomic E-state index is -0.260. The number of carbonyl (C=O) groups excluding carboxylic acids is 2. The molecule has 0 radical (unpaired) electrons. The van der Waals surface area contributed by atoms with Gasteiger partial charge in [0.1, 0.15) is 0 Å². The monoisotopic (exact) mass is 261 g/mol. The van der Waals surface area contributed by atoms with Crippen LogP contribution in [0.5, 0.6) is 0 Å². The van der Waals surface area contributed by atoms with Crippen LogP contribution in [0.15, 0.2) is 0 Å². The van der Waals surface area contributed by atoms with Gasteiger partial charge < -0.3 is 10.1 Å². The summed E-state index contributed by atoms with van der Waals surface area (Å²) < 4.78 is 4.95. The van der Waals surface area contributed by atoms with Crippen molar-refractivity contribution in [2.75, 3.05) is 18.1 Å². The number of hydrogen-bond acceptors (Lipinski definition) is 4. The normalized spacial score (nSPS) is 10.4. The minimum Gasteiger partial charge on any atom is -0.462 e. The second-order valence-electron chi connectivity index (χ2n) is 4.09. The summed E-state index contributed by atoms with van der Waals surface area (Å²) in [5.74, 6) is 0.284. The Labute approximate surface area is 108 Å². The zero-order valence-electron chi connectivity index (χ0n) is 11.0. The van der Waals surface area contributed by atoms with E-state index in [2.05, 4.69) is 12.2 Å². The van der Waals surface area contributed by atoms with Crippen LogP contribution in [0, 0.1) is 0 Å². The highest BCUT2D eigenvalue weighted by atomic mass is 32.2. The molecule has 0 unspecified atom stereocenters. The van der Waals surface area contributed by atoms with E-state index in [1.165, 1.54) is 11.8 Å². The fourth-order valence-electron chi connectivity index (χ4n) is 1.18. The van der Waals surface area contributed by atoms with Crippen molar-refractivity contribution in [1.29, 1.82) is 0 Å². The lowest BCUT2D eigenvalue weighted by Gasteiger charge is -2.07. The summed E-state index contributed by atoms with van der Waals surface area (Å²) in [5, 5.41) is 2.82. The lowest BCUT2D eigenvalue weighted by molar-refractivity contribution is -0.144. The molecule has 0 fully saturated rings. The minimum absolute atomic E-state index is 0.0107. The van der Waals surface area contributed by atoms with Crippen LogP contribution in [-0.2, 0) is 14.3 Å². The van der Waals surface area contributed by atoms with Crippen LogP contribution in [0.3, 0.4) is 0 Å². The molecule has 0 bridgehead atoms. The maximum absolute atomic E-state index is 11.3. The van der Waals surface area contributed by atoms with Crippen molar-refractivity contribution >= 4 is 23.6 Å². The Bertz CT molecular complexity index is 232. The molecule has 0 aromatic heterocycles. The van der Waals surface area contributed by atoms with Crippen LogP contribution in [0.2, 0.25) is 0 Å². The molecule has 0 saturated carbocycles. The SMILES string of the molecule is CCCCCNC(=O)CSCC(=O)OC(C)C. The average molecular weight is 261 g/mol. The molecule has 0 heterocycles. The van der Waals surface area contributed by atoms with Gasteiger partial charge in [-0.05, 0) is 20.3 Å².